The van der Waals surface area contributed by atoms with Crippen LogP contribution in [0.2, 0.25) is 5.15 Å². The lowest BCUT2D eigenvalue weighted by molar-refractivity contribution is 0.00411. The zero-order valence-electron chi connectivity index (χ0n) is 14.2. The molecular formula is C16H23ClN4O3. The highest BCUT2D eigenvalue weighted by atomic mass is 35.5. The summed E-state index contributed by atoms with van der Waals surface area (Å²) in [5.41, 5.74) is 0.488. The topological polar surface area (TPSA) is 78.8 Å². The maximum Gasteiger partial charge on any atom is 0.410 e. The van der Waals surface area contributed by atoms with Crippen molar-refractivity contribution >= 4 is 23.5 Å². The molecule has 0 radical (unpaired) electrons. The average Bonchev–Trinajstić information content (AvgIpc) is 2.88. The number of anilines is 1. The number of aromatic nitrogens is 2. The van der Waals surface area contributed by atoms with E-state index in [-0.39, 0.29) is 12.1 Å². The van der Waals surface area contributed by atoms with E-state index in [1.54, 1.807) is 4.90 Å². The molecule has 8 heteroatoms. The van der Waals surface area contributed by atoms with Crippen LogP contribution in [0.4, 0.5) is 10.6 Å². The lowest BCUT2D eigenvalue weighted by Crippen LogP contribution is -2.57. The highest BCUT2D eigenvalue weighted by molar-refractivity contribution is 6.29. The van der Waals surface area contributed by atoms with Crippen LogP contribution in [0.25, 0.3) is 0 Å². The first kappa shape index (κ1) is 17.2. The summed E-state index contributed by atoms with van der Waals surface area (Å²) < 4.78 is 5.45. The summed E-state index contributed by atoms with van der Waals surface area (Å²) in [5.74, 6) is 0.745. The first-order valence-electron chi connectivity index (χ1n) is 8.19. The predicted molar refractivity (Wildman–Crippen MR) is 90.3 cm³/mol. The first-order chi connectivity index (χ1) is 11.2. The molecule has 132 valence electrons. The van der Waals surface area contributed by atoms with Crippen molar-refractivity contribution in [1.82, 2.24) is 15.1 Å². The molecule has 2 atom stereocenters. The molecular weight excluding hydrogens is 332 g/mol. The van der Waals surface area contributed by atoms with E-state index in [1.807, 2.05) is 31.7 Å². The minimum Gasteiger partial charge on any atom is -0.444 e. The van der Waals surface area contributed by atoms with Gasteiger partial charge in [-0.05, 0) is 39.7 Å². The van der Waals surface area contributed by atoms with Gasteiger partial charge in [-0.2, -0.15) is 0 Å². The summed E-state index contributed by atoms with van der Waals surface area (Å²) in [6.45, 7) is 7.15. The summed E-state index contributed by atoms with van der Waals surface area (Å²) in [5, 5.41) is 18.9. The van der Waals surface area contributed by atoms with E-state index in [0.29, 0.717) is 24.7 Å². The van der Waals surface area contributed by atoms with Crippen LogP contribution in [-0.2, 0) is 11.2 Å². The van der Waals surface area contributed by atoms with Crippen LogP contribution < -0.4 is 4.90 Å². The Morgan fingerprint density at radius 2 is 2.12 bits per heavy atom. The minimum atomic E-state index is -0.537. The normalized spacial score (nSPS) is 24.0. The number of likely N-dealkylation sites (tertiary alicyclic amines) is 1. The van der Waals surface area contributed by atoms with Crippen LogP contribution in [0.15, 0.2) is 6.07 Å². The lowest BCUT2D eigenvalue weighted by atomic mass is 10.0. The average molecular weight is 355 g/mol. The summed E-state index contributed by atoms with van der Waals surface area (Å²) >= 11 is 5.90. The fraction of sp³-hybridized carbons (Fsp3) is 0.688. The molecule has 2 aliphatic heterocycles. The number of piperidine rings is 1. The SMILES string of the molecule is CC(C)(C)OC(=O)N1CC[C@@H](O)[C@@H](N2CCc3cc(Cl)nnc32)C1. The van der Waals surface area contributed by atoms with Crippen LogP contribution >= 0.6 is 11.6 Å². The number of aliphatic hydroxyl groups excluding tert-OH is 1. The number of carbonyl (C=O) groups is 1. The van der Waals surface area contributed by atoms with Crippen LogP contribution in [0.5, 0.6) is 0 Å². The van der Waals surface area contributed by atoms with E-state index in [4.69, 9.17) is 16.3 Å². The van der Waals surface area contributed by atoms with Crippen molar-refractivity contribution < 1.29 is 14.6 Å². The smallest absolute Gasteiger partial charge is 0.410 e. The zero-order chi connectivity index (χ0) is 17.5. The number of carbonyl (C=O) groups excluding carboxylic acids is 1. The van der Waals surface area contributed by atoms with E-state index in [1.165, 1.54) is 0 Å². The van der Waals surface area contributed by atoms with E-state index >= 15 is 0 Å². The molecule has 0 saturated carbocycles. The van der Waals surface area contributed by atoms with E-state index in [9.17, 15) is 9.90 Å². The van der Waals surface area contributed by atoms with Gasteiger partial charge in [0.2, 0.25) is 0 Å². The molecule has 0 spiro atoms. The Morgan fingerprint density at radius 1 is 1.38 bits per heavy atom. The maximum atomic E-state index is 12.3. The van der Waals surface area contributed by atoms with E-state index < -0.39 is 11.7 Å². The Morgan fingerprint density at radius 3 is 2.83 bits per heavy atom. The van der Waals surface area contributed by atoms with Gasteiger partial charge in [0.05, 0.1) is 12.1 Å². The van der Waals surface area contributed by atoms with Crippen molar-refractivity contribution in [2.45, 2.75) is 51.4 Å². The van der Waals surface area contributed by atoms with Gasteiger partial charge >= 0.3 is 6.09 Å². The summed E-state index contributed by atoms with van der Waals surface area (Å²) in [7, 11) is 0. The van der Waals surface area contributed by atoms with Crippen molar-refractivity contribution in [2.24, 2.45) is 0 Å². The number of rotatable bonds is 1. The fourth-order valence-corrected chi connectivity index (χ4v) is 3.38. The van der Waals surface area contributed by atoms with Gasteiger partial charge in [0.1, 0.15) is 5.60 Å². The number of hydrogen-bond donors (Lipinski definition) is 1. The van der Waals surface area contributed by atoms with Gasteiger partial charge in [0.15, 0.2) is 11.0 Å². The Kier molecular flexibility index (Phi) is 4.57. The van der Waals surface area contributed by atoms with E-state index in [0.717, 1.165) is 24.3 Å². The van der Waals surface area contributed by atoms with Gasteiger partial charge in [-0.1, -0.05) is 11.6 Å². The molecule has 3 heterocycles. The molecule has 0 unspecified atom stereocenters. The summed E-state index contributed by atoms with van der Waals surface area (Å²) in [6, 6.07) is 1.59. The summed E-state index contributed by atoms with van der Waals surface area (Å²) in [6.07, 6.45) is 0.449. The highest BCUT2D eigenvalue weighted by Crippen LogP contribution is 2.31. The number of ether oxygens (including phenoxy) is 1. The fourth-order valence-electron chi connectivity index (χ4n) is 3.21. The molecule has 0 bridgehead atoms. The van der Waals surface area contributed by atoms with Crippen LogP contribution in [0, 0.1) is 0 Å². The molecule has 7 nitrogen and oxygen atoms in total. The number of amides is 1. The van der Waals surface area contributed by atoms with Crippen molar-refractivity contribution in [3.05, 3.63) is 16.8 Å². The monoisotopic (exact) mass is 354 g/mol. The molecule has 24 heavy (non-hydrogen) atoms. The molecule has 1 fully saturated rings. The highest BCUT2D eigenvalue weighted by Gasteiger charge is 2.38. The minimum absolute atomic E-state index is 0.219. The van der Waals surface area contributed by atoms with E-state index in [2.05, 4.69) is 10.2 Å². The van der Waals surface area contributed by atoms with Crippen molar-refractivity contribution in [1.29, 1.82) is 0 Å². The standard InChI is InChI=1S/C16H23ClN4O3/c1-16(2,3)24-15(23)20-6-5-12(22)11(9-20)21-7-4-10-8-13(17)18-19-14(10)21/h8,11-12,22H,4-7,9H2,1-3H3/t11-,12+/m0/s1. The second kappa shape index (κ2) is 6.37. The molecule has 0 aliphatic carbocycles. The van der Waals surface area contributed by atoms with Gasteiger partial charge in [-0.15, -0.1) is 10.2 Å². The molecule has 1 amide bonds. The third-order valence-electron chi connectivity index (χ3n) is 4.31. The lowest BCUT2D eigenvalue weighted by Gasteiger charge is -2.41. The van der Waals surface area contributed by atoms with Gasteiger partial charge in [0, 0.05) is 25.2 Å². The molecule has 1 N–H and O–H groups in total. The van der Waals surface area contributed by atoms with Crippen LogP contribution in [0.1, 0.15) is 32.8 Å². The van der Waals surface area contributed by atoms with Gasteiger partial charge < -0.3 is 19.6 Å². The second-order valence-corrected chi connectivity index (χ2v) is 7.70. The number of nitrogens with zero attached hydrogens (tertiary/aromatic N) is 4. The first-order valence-corrected chi connectivity index (χ1v) is 8.57. The van der Waals surface area contributed by atoms with Crippen molar-refractivity contribution in [3.63, 3.8) is 0 Å². The summed E-state index contributed by atoms with van der Waals surface area (Å²) in [4.78, 5) is 16.0. The molecule has 0 aromatic carbocycles. The Hall–Kier alpha value is -1.60. The largest absolute Gasteiger partial charge is 0.444 e. The van der Waals surface area contributed by atoms with Crippen LogP contribution in [-0.4, -0.2) is 63.7 Å². The number of hydrogen-bond acceptors (Lipinski definition) is 6. The number of aliphatic hydroxyl groups is 1. The molecule has 1 saturated heterocycles. The Balaban J connectivity index is 1.75. The van der Waals surface area contributed by atoms with Gasteiger partial charge in [-0.25, -0.2) is 4.79 Å². The number of fused-ring (bicyclic) bond motifs is 1. The third kappa shape index (κ3) is 3.57. The zero-order valence-corrected chi connectivity index (χ0v) is 15.0. The second-order valence-electron chi connectivity index (χ2n) is 7.31. The van der Waals surface area contributed by atoms with Crippen molar-refractivity contribution in [3.8, 4) is 0 Å². The van der Waals surface area contributed by atoms with Crippen molar-refractivity contribution in [2.75, 3.05) is 24.5 Å². The van der Waals surface area contributed by atoms with Gasteiger partial charge in [0.25, 0.3) is 0 Å². The van der Waals surface area contributed by atoms with Crippen LogP contribution in [0.3, 0.4) is 0 Å². The third-order valence-corrected chi connectivity index (χ3v) is 4.50. The number of halogens is 1. The molecule has 1 aromatic heterocycles. The Labute approximate surface area is 146 Å². The maximum absolute atomic E-state index is 12.3. The Bertz CT molecular complexity index is 634. The molecule has 3 rings (SSSR count). The molecule has 1 aromatic rings. The van der Waals surface area contributed by atoms with Gasteiger partial charge in [-0.3, -0.25) is 0 Å². The predicted octanol–water partition coefficient (Wildman–Crippen LogP) is 1.86. The molecule has 2 aliphatic rings. The quantitative estimate of drug-likeness (QED) is 0.829.